The summed E-state index contributed by atoms with van der Waals surface area (Å²) in [4.78, 5) is 11.6. The molecule has 2 aromatic heterocycles. The van der Waals surface area contributed by atoms with Gasteiger partial charge < -0.3 is 5.73 Å². The van der Waals surface area contributed by atoms with Gasteiger partial charge in [0, 0.05) is 10.6 Å². The van der Waals surface area contributed by atoms with E-state index in [2.05, 4.69) is 9.97 Å². The minimum Gasteiger partial charge on any atom is -0.383 e. The van der Waals surface area contributed by atoms with Crippen LogP contribution in [0.15, 0.2) is 23.4 Å². The van der Waals surface area contributed by atoms with Gasteiger partial charge in [0.2, 0.25) is 0 Å². The maximum atomic E-state index is 6.19. The Balaban J connectivity index is 1.61. The van der Waals surface area contributed by atoms with E-state index < -0.39 is 0 Å². The Bertz CT molecular complexity index is 908. The molecule has 23 heavy (non-hydrogen) atoms. The fourth-order valence-electron chi connectivity index (χ4n) is 2.85. The predicted octanol–water partition coefficient (Wildman–Crippen LogP) is 5.36. The number of nitrogen functional groups attached to an aromatic ring is 1. The van der Waals surface area contributed by atoms with E-state index >= 15 is 0 Å². The van der Waals surface area contributed by atoms with Crippen molar-refractivity contribution in [2.45, 2.75) is 30.2 Å². The zero-order chi connectivity index (χ0) is 16.0. The SMILES string of the molecule is Nc1nc(SCc2ccc(Cl)c(Cl)c2)nc2sc3c(c12)CCC3. The molecule has 0 saturated heterocycles. The number of hydrogen-bond acceptors (Lipinski definition) is 5. The Labute approximate surface area is 152 Å². The van der Waals surface area contributed by atoms with Gasteiger partial charge in [0.05, 0.1) is 15.4 Å². The summed E-state index contributed by atoms with van der Waals surface area (Å²) in [6.07, 6.45) is 3.45. The van der Waals surface area contributed by atoms with E-state index in [1.54, 1.807) is 23.1 Å². The maximum absolute atomic E-state index is 6.19. The van der Waals surface area contributed by atoms with Gasteiger partial charge in [0.1, 0.15) is 10.6 Å². The van der Waals surface area contributed by atoms with Crippen molar-refractivity contribution in [3.63, 3.8) is 0 Å². The molecule has 0 spiro atoms. The number of fused-ring (bicyclic) bond motifs is 3. The van der Waals surface area contributed by atoms with Gasteiger partial charge in [0.25, 0.3) is 0 Å². The summed E-state index contributed by atoms with van der Waals surface area (Å²) in [5, 5.41) is 2.91. The summed E-state index contributed by atoms with van der Waals surface area (Å²) in [5.41, 5.74) is 8.64. The summed E-state index contributed by atoms with van der Waals surface area (Å²) in [7, 11) is 0. The molecule has 0 unspecified atom stereocenters. The number of rotatable bonds is 3. The van der Waals surface area contributed by atoms with Crippen molar-refractivity contribution >= 4 is 62.3 Å². The molecule has 7 heteroatoms. The van der Waals surface area contributed by atoms with Crippen LogP contribution in [0.1, 0.15) is 22.4 Å². The molecule has 0 bridgehead atoms. The summed E-state index contributed by atoms with van der Waals surface area (Å²) in [5.74, 6) is 1.33. The first-order chi connectivity index (χ1) is 11.1. The molecule has 0 saturated carbocycles. The van der Waals surface area contributed by atoms with E-state index in [4.69, 9.17) is 28.9 Å². The van der Waals surface area contributed by atoms with Crippen molar-refractivity contribution in [1.82, 2.24) is 9.97 Å². The van der Waals surface area contributed by atoms with Crippen molar-refractivity contribution in [3.05, 3.63) is 44.2 Å². The quantitative estimate of drug-likeness (QED) is 0.489. The fraction of sp³-hybridized carbons (Fsp3) is 0.250. The first-order valence-corrected chi connectivity index (χ1v) is 9.82. The van der Waals surface area contributed by atoms with Gasteiger partial charge in [-0.1, -0.05) is 41.0 Å². The molecular weight excluding hydrogens is 369 g/mol. The highest BCUT2D eigenvalue weighted by molar-refractivity contribution is 7.98. The minimum absolute atomic E-state index is 0.565. The smallest absolute Gasteiger partial charge is 0.191 e. The van der Waals surface area contributed by atoms with Crippen molar-refractivity contribution in [2.24, 2.45) is 0 Å². The van der Waals surface area contributed by atoms with E-state index in [1.807, 2.05) is 18.2 Å². The topological polar surface area (TPSA) is 51.8 Å². The second-order valence-corrected chi connectivity index (χ2v) is 8.31. The molecule has 1 aromatic carbocycles. The van der Waals surface area contributed by atoms with E-state index in [0.29, 0.717) is 21.0 Å². The van der Waals surface area contributed by atoms with E-state index in [0.717, 1.165) is 34.4 Å². The van der Waals surface area contributed by atoms with Gasteiger partial charge in [-0.05, 0) is 42.5 Å². The largest absolute Gasteiger partial charge is 0.383 e. The lowest BCUT2D eigenvalue weighted by atomic mass is 10.2. The standard InChI is InChI=1S/C16H13Cl2N3S2/c17-10-5-4-8(6-11(10)18)7-22-16-20-14(19)13-9-2-1-3-12(9)23-15(13)21-16/h4-6H,1-3,7H2,(H2,19,20,21). The Kier molecular flexibility index (Phi) is 4.13. The van der Waals surface area contributed by atoms with E-state index in [9.17, 15) is 0 Å². The number of aryl methyl sites for hydroxylation is 2. The molecule has 2 N–H and O–H groups in total. The first kappa shape index (κ1) is 15.5. The molecule has 0 radical (unpaired) electrons. The highest BCUT2D eigenvalue weighted by Crippen LogP contribution is 2.39. The minimum atomic E-state index is 0.565. The number of anilines is 1. The van der Waals surface area contributed by atoms with Crippen LogP contribution in [0, 0.1) is 0 Å². The highest BCUT2D eigenvalue weighted by Gasteiger charge is 2.21. The molecular formula is C16H13Cl2N3S2. The molecule has 3 nitrogen and oxygen atoms in total. The van der Waals surface area contributed by atoms with Crippen LogP contribution in [0.25, 0.3) is 10.2 Å². The van der Waals surface area contributed by atoms with Crippen molar-refractivity contribution in [3.8, 4) is 0 Å². The number of nitrogens with two attached hydrogens (primary N) is 1. The third-order valence-electron chi connectivity index (χ3n) is 3.92. The molecule has 0 amide bonds. The van der Waals surface area contributed by atoms with Crippen LogP contribution in [-0.4, -0.2) is 9.97 Å². The molecule has 0 fully saturated rings. The monoisotopic (exact) mass is 381 g/mol. The molecule has 2 heterocycles. The van der Waals surface area contributed by atoms with E-state index in [-0.39, 0.29) is 0 Å². The predicted molar refractivity (Wildman–Crippen MR) is 99.9 cm³/mol. The lowest BCUT2D eigenvalue weighted by Gasteiger charge is -2.05. The number of thiophene rings is 1. The zero-order valence-corrected chi connectivity index (χ0v) is 15.2. The van der Waals surface area contributed by atoms with Crippen LogP contribution < -0.4 is 5.73 Å². The Morgan fingerprint density at radius 2 is 2.04 bits per heavy atom. The number of halogens is 2. The molecule has 3 aromatic rings. The Morgan fingerprint density at radius 1 is 1.17 bits per heavy atom. The van der Waals surface area contributed by atoms with Crippen LogP contribution in [0.5, 0.6) is 0 Å². The number of benzene rings is 1. The van der Waals surface area contributed by atoms with Crippen LogP contribution in [0.3, 0.4) is 0 Å². The second-order valence-electron chi connectivity index (χ2n) is 5.47. The van der Waals surface area contributed by atoms with Gasteiger partial charge in [0.15, 0.2) is 5.16 Å². The lowest BCUT2D eigenvalue weighted by molar-refractivity contribution is 0.916. The molecule has 0 atom stereocenters. The lowest BCUT2D eigenvalue weighted by Crippen LogP contribution is -1.97. The molecule has 118 valence electrons. The van der Waals surface area contributed by atoms with Crippen LogP contribution in [-0.2, 0) is 18.6 Å². The molecule has 1 aliphatic rings. The van der Waals surface area contributed by atoms with Gasteiger partial charge in [-0.3, -0.25) is 0 Å². The van der Waals surface area contributed by atoms with Crippen molar-refractivity contribution < 1.29 is 0 Å². The second kappa shape index (κ2) is 6.13. The third-order valence-corrected chi connectivity index (χ3v) is 6.77. The Morgan fingerprint density at radius 3 is 2.87 bits per heavy atom. The fourth-order valence-corrected chi connectivity index (χ4v) is 5.29. The maximum Gasteiger partial charge on any atom is 0.191 e. The van der Waals surface area contributed by atoms with Crippen molar-refractivity contribution in [1.29, 1.82) is 0 Å². The van der Waals surface area contributed by atoms with Gasteiger partial charge >= 0.3 is 0 Å². The van der Waals surface area contributed by atoms with Crippen LogP contribution in [0.2, 0.25) is 10.0 Å². The van der Waals surface area contributed by atoms with Crippen LogP contribution in [0.4, 0.5) is 5.82 Å². The molecule has 0 aliphatic heterocycles. The number of hydrogen-bond donors (Lipinski definition) is 1. The zero-order valence-electron chi connectivity index (χ0n) is 12.1. The third kappa shape index (κ3) is 2.91. The molecule has 1 aliphatic carbocycles. The average Bonchev–Trinajstić information content (AvgIpc) is 3.08. The summed E-state index contributed by atoms with van der Waals surface area (Å²) in [6.45, 7) is 0. The normalized spacial score (nSPS) is 13.7. The summed E-state index contributed by atoms with van der Waals surface area (Å²) >= 11 is 15.3. The average molecular weight is 382 g/mol. The summed E-state index contributed by atoms with van der Waals surface area (Å²) in [6, 6.07) is 5.64. The number of thioether (sulfide) groups is 1. The van der Waals surface area contributed by atoms with Gasteiger partial charge in [-0.2, -0.15) is 0 Å². The first-order valence-electron chi connectivity index (χ1n) is 7.26. The Hall–Kier alpha value is -1.01. The van der Waals surface area contributed by atoms with Gasteiger partial charge in [-0.15, -0.1) is 11.3 Å². The van der Waals surface area contributed by atoms with Crippen LogP contribution >= 0.6 is 46.3 Å². The van der Waals surface area contributed by atoms with Gasteiger partial charge in [-0.25, -0.2) is 9.97 Å². The molecule has 4 rings (SSSR count). The van der Waals surface area contributed by atoms with E-state index in [1.165, 1.54) is 16.9 Å². The number of nitrogens with zero attached hydrogens (tertiary/aromatic N) is 2. The number of aromatic nitrogens is 2. The van der Waals surface area contributed by atoms with Crippen molar-refractivity contribution in [2.75, 3.05) is 5.73 Å². The highest BCUT2D eigenvalue weighted by atomic mass is 35.5. The summed E-state index contributed by atoms with van der Waals surface area (Å²) < 4.78 is 0.